The first kappa shape index (κ1) is 14.3. The molecular formula is C14H21N5O. The molecule has 0 saturated heterocycles. The zero-order valence-electron chi connectivity index (χ0n) is 12.6. The van der Waals surface area contributed by atoms with Crippen molar-refractivity contribution >= 4 is 11.5 Å². The highest BCUT2D eigenvalue weighted by Gasteiger charge is 2.16. The standard InChI is InChI=1S/C14H21N5O/c1-10(2)19-9-11(8-16-19)17-12-13(20)18(7-6-15-12)14(3,4)5/h6-10H,1-5H3,(H,15,17). The van der Waals surface area contributed by atoms with Gasteiger partial charge < -0.3 is 9.88 Å². The molecule has 0 aliphatic rings. The minimum absolute atomic E-state index is 0.141. The van der Waals surface area contributed by atoms with Crippen LogP contribution in [0.15, 0.2) is 29.6 Å². The normalized spacial score (nSPS) is 11.9. The second-order valence-corrected chi connectivity index (χ2v) is 6.05. The molecule has 2 aromatic rings. The highest BCUT2D eigenvalue weighted by atomic mass is 16.1. The number of anilines is 2. The van der Waals surface area contributed by atoms with E-state index in [9.17, 15) is 4.79 Å². The van der Waals surface area contributed by atoms with Gasteiger partial charge in [0.25, 0.3) is 5.56 Å². The molecule has 0 saturated carbocycles. The van der Waals surface area contributed by atoms with Crippen molar-refractivity contribution in [1.29, 1.82) is 0 Å². The number of hydrogen-bond acceptors (Lipinski definition) is 4. The third kappa shape index (κ3) is 2.89. The summed E-state index contributed by atoms with van der Waals surface area (Å²) >= 11 is 0. The molecule has 2 aromatic heterocycles. The predicted octanol–water partition coefficient (Wildman–Crippen LogP) is 2.52. The maximum absolute atomic E-state index is 12.4. The molecule has 0 fully saturated rings. The van der Waals surface area contributed by atoms with Gasteiger partial charge in [-0.05, 0) is 34.6 Å². The molecule has 6 nitrogen and oxygen atoms in total. The molecule has 0 aliphatic heterocycles. The van der Waals surface area contributed by atoms with Crippen molar-refractivity contribution in [3.8, 4) is 0 Å². The Bertz CT molecular complexity index is 648. The van der Waals surface area contributed by atoms with Gasteiger partial charge in [0, 0.05) is 30.2 Å². The topological polar surface area (TPSA) is 64.7 Å². The Balaban J connectivity index is 2.32. The number of rotatable bonds is 3. The molecule has 0 unspecified atom stereocenters. The maximum Gasteiger partial charge on any atom is 0.294 e. The Hall–Kier alpha value is -2.11. The molecule has 0 aliphatic carbocycles. The summed E-state index contributed by atoms with van der Waals surface area (Å²) in [6, 6.07) is 0.278. The van der Waals surface area contributed by atoms with Gasteiger partial charge >= 0.3 is 0 Å². The van der Waals surface area contributed by atoms with Crippen molar-refractivity contribution < 1.29 is 0 Å². The van der Waals surface area contributed by atoms with Crippen LogP contribution in [0.4, 0.5) is 11.5 Å². The van der Waals surface area contributed by atoms with Crippen molar-refractivity contribution in [2.75, 3.05) is 5.32 Å². The van der Waals surface area contributed by atoms with Crippen molar-refractivity contribution in [3.63, 3.8) is 0 Å². The molecule has 20 heavy (non-hydrogen) atoms. The van der Waals surface area contributed by atoms with Crippen LogP contribution in [-0.2, 0) is 5.54 Å². The van der Waals surface area contributed by atoms with E-state index >= 15 is 0 Å². The maximum atomic E-state index is 12.4. The molecule has 0 amide bonds. The lowest BCUT2D eigenvalue weighted by Gasteiger charge is -2.22. The molecule has 6 heteroatoms. The monoisotopic (exact) mass is 275 g/mol. The molecule has 2 rings (SSSR count). The fraction of sp³-hybridized carbons (Fsp3) is 0.500. The van der Waals surface area contributed by atoms with Crippen molar-refractivity contribution in [1.82, 2.24) is 19.3 Å². The van der Waals surface area contributed by atoms with Crippen LogP contribution in [0.25, 0.3) is 0 Å². The lowest BCUT2D eigenvalue weighted by molar-refractivity contribution is 0.383. The van der Waals surface area contributed by atoms with Gasteiger partial charge in [-0.3, -0.25) is 9.48 Å². The van der Waals surface area contributed by atoms with E-state index in [1.54, 1.807) is 23.2 Å². The summed E-state index contributed by atoms with van der Waals surface area (Å²) in [6.45, 7) is 10.0. The number of nitrogens with zero attached hydrogens (tertiary/aromatic N) is 4. The van der Waals surface area contributed by atoms with Gasteiger partial charge in [0.2, 0.25) is 0 Å². The second-order valence-electron chi connectivity index (χ2n) is 6.05. The fourth-order valence-electron chi connectivity index (χ4n) is 1.85. The van der Waals surface area contributed by atoms with E-state index < -0.39 is 0 Å². The molecule has 0 radical (unpaired) electrons. The smallest absolute Gasteiger partial charge is 0.294 e. The minimum atomic E-state index is -0.279. The summed E-state index contributed by atoms with van der Waals surface area (Å²) in [6.07, 6.45) is 6.88. The van der Waals surface area contributed by atoms with Crippen molar-refractivity contribution in [3.05, 3.63) is 35.1 Å². The SMILES string of the molecule is CC(C)n1cc(Nc2nccn(C(C)(C)C)c2=O)cn1. The van der Waals surface area contributed by atoms with Gasteiger partial charge in [0.15, 0.2) is 5.82 Å². The highest BCUT2D eigenvalue weighted by Crippen LogP contribution is 2.15. The van der Waals surface area contributed by atoms with Crippen LogP contribution in [0.3, 0.4) is 0 Å². The Morgan fingerprint density at radius 1 is 1.30 bits per heavy atom. The first-order valence-electron chi connectivity index (χ1n) is 6.68. The second kappa shape index (κ2) is 5.11. The van der Waals surface area contributed by atoms with Gasteiger partial charge in [0.05, 0.1) is 11.9 Å². The first-order chi connectivity index (χ1) is 9.29. The van der Waals surface area contributed by atoms with E-state index in [0.29, 0.717) is 5.82 Å². The zero-order chi connectivity index (χ0) is 14.9. The Morgan fingerprint density at radius 3 is 2.55 bits per heavy atom. The average molecular weight is 275 g/mol. The summed E-state index contributed by atoms with van der Waals surface area (Å²) in [4.78, 5) is 16.5. The van der Waals surface area contributed by atoms with E-state index in [1.807, 2.05) is 45.5 Å². The molecule has 0 atom stereocenters. The van der Waals surface area contributed by atoms with Crippen molar-refractivity contribution in [2.24, 2.45) is 0 Å². The van der Waals surface area contributed by atoms with E-state index in [4.69, 9.17) is 0 Å². The Labute approximate surface area is 118 Å². The number of aromatic nitrogens is 4. The summed E-state index contributed by atoms with van der Waals surface area (Å²) in [5.41, 5.74) is 0.339. The summed E-state index contributed by atoms with van der Waals surface area (Å²) < 4.78 is 3.49. The lowest BCUT2D eigenvalue weighted by Crippen LogP contribution is -2.34. The van der Waals surface area contributed by atoms with E-state index in [-0.39, 0.29) is 17.1 Å². The van der Waals surface area contributed by atoms with Gasteiger partial charge in [-0.25, -0.2) is 4.98 Å². The van der Waals surface area contributed by atoms with Crippen LogP contribution >= 0.6 is 0 Å². The Morgan fingerprint density at radius 2 is 2.00 bits per heavy atom. The molecule has 1 N–H and O–H groups in total. The van der Waals surface area contributed by atoms with Gasteiger partial charge in [-0.2, -0.15) is 5.10 Å². The number of nitrogens with one attached hydrogen (secondary N) is 1. The fourth-order valence-corrected chi connectivity index (χ4v) is 1.85. The van der Waals surface area contributed by atoms with Gasteiger partial charge in [-0.1, -0.05) is 0 Å². The Kier molecular flexibility index (Phi) is 3.65. The largest absolute Gasteiger partial charge is 0.333 e. The third-order valence-corrected chi connectivity index (χ3v) is 2.96. The zero-order valence-corrected chi connectivity index (χ0v) is 12.6. The highest BCUT2D eigenvalue weighted by molar-refractivity contribution is 5.52. The lowest BCUT2D eigenvalue weighted by atomic mass is 10.1. The molecule has 0 spiro atoms. The third-order valence-electron chi connectivity index (χ3n) is 2.96. The summed E-state index contributed by atoms with van der Waals surface area (Å²) in [7, 11) is 0. The van der Waals surface area contributed by atoms with Crippen LogP contribution in [0.5, 0.6) is 0 Å². The van der Waals surface area contributed by atoms with E-state index in [0.717, 1.165) is 5.69 Å². The minimum Gasteiger partial charge on any atom is -0.333 e. The summed E-state index contributed by atoms with van der Waals surface area (Å²) in [5.74, 6) is 0.311. The van der Waals surface area contributed by atoms with E-state index in [2.05, 4.69) is 15.4 Å². The molecule has 0 bridgehead atoms. The molecular weight excluding hydrogens is 254 g/mol. The summed E-state index contributed by atoms with van der Waals surface area (Å²) in [5, 5.41) is 7.26. The molecule has 0 aromatic carbocycles. The quantitative estimate of drug-likeness (QED) is 0.934. The van der Waals surface area contributed by atoms with Gasteiger partial charge in [0.1, 0.15) is 0 Å². The van der Waals surface area contributed by atoms with Crippen LogP contribution in [0, 0.1) is 0 Å². The average Bonchev–Trinajstić information content (AvgIpc) is 2.79. The van der Waals surface area contributed by atoms with Crippen LogP contribution < -0.4 is 10.9 Å². The predicted molar refractivity (Wildman–Crippen MR) is 79.4 cm³/mol. The van der Waals surface area contributed by atoms with E-state index in [1.165, 1.54) is 0 Å². The van der Waals surface area contributed by atoms with Crippen LogP contribution in [-0.4, -0.2) is 19.3 Å². The molecule has 2 heterocycles. The van der Waals surface area contributed by atoms with Crippen molar-refractivity contribution in [2.45, 2.75) is 46.2 Å². The van der Waals surface area contributed by atoms with Gasteiger partial charge in [-0.15, -0.1) is 0 Å². The molecule has 108 valence electrons. The number of hydrogen-bond donors (Lipinski definition) is 1. The van der Waals surface area contributed by atoms with Crippen LogP contribution in [0.1, 0.15) is 40.7 Å². The van der Waals surface area contributed by atoms with Crippen LogP contribution in [0.2, 0.25) is 0 Å². The first-order valence-corrected chi connectivity index (χ1v) is 6.68.